The largest absolute Gasteiger partial charge is 0.462 e. The molecule has 0 saturated carbocycles. The van der Waals surface area contributed by atoms with E-state index in [1.807, 2.05) is 0 Å². The first-order valence-corrected chi connectivity index (χ1v) is 34.7. The highest BCUT2D eigenvalue weighted by Crippen LogP contribution is 2.16. The Hall–Kier alpha value is -4.45. The highest BCUT2D eigenvalue weighted by Gasteiger charge is 2.19. The van der Waals surface area contributed by atoms with Crippen LogP contribution in [0.1, 0.15) is 316 Å². The van der Waals surface area contributed by atoms with Gasteiger partial charge in [-0.1, -0.05) is 309 Å². The molecule has 0 N–H and O–H groups in total. The Labute approximate surface area is 513 Å². The lowest BCUT2D eigenvalue weighted by Crippen LogP contribution is -2.30. The molecule has 0 aliphatic heterocycles. The third-order valence-electron chi connectivity index (χ3n) is 14.6. The molecule has 1 atom stereocenters. The van der Waals surface area contributed by atoms with Crippen molar-refractivity contribution in [3.63, 3.8) is 0 Å². The van der Waals surface area contributed by atoms with Gasteiger partial charge in [0.15, 0.2) is 6.10 Å². The standard InChI is InChI=1S/C77H128O6/c1-4-7-10-13-16-19-22-25-27-29-31-32-33-34-35-36-37-38-39-40-41-42-43-44-46-47-49-52-55-58-61-64-67-70-76(79)82-73-74(72-81-75(78)69-66-63-60-57-54-51-24-21-18-15-12-9-6-3)83-77(80)71-68-65-62-59-56-53-50-48-45-30-28-26-23-20-17-14-11-8-5-2/h7,10,16-17,19-20,25-28,31-32,34-35,37-38,40-41,43-44,47,49,74H,4-6,8-9,11-15,18,21-24,29-30,33,36,39,42,45-46,48,50-73H2,1-3H3/b10-7-,19-16-,20-17-,27-25-,28-26-,32-31-,35-34-,38-37-,41-40-,44-43-,49-47-. The second-order valence-electron chi connectivity index (χ2n) is 22.7. The Morgan fingerprint density at radius 2 is 0.470 bits per heavy atom. The van der Waals surface area contributed by atoms with Gasteiger partial charge in [0.25, 0.3) is 0 Å². The molecule has 1 unspecified atom stereocenters. The maximum atomic E-state index is 12.9. The van der Waals surface area contributed by atoms with Gasteiger partial charge >= 0.3 is 17.9 Å². The number of carbonyl (C=O) groups excluding carboxylic acids is 3. The van der Waals surface area contributed by atoms with E-state index in [-0.39, 0.29) is 31.1 Å². The van der Waals surface area contributed by atoms with E-state index in [9.17, 15) is 14.4 Å². The Kier molecular flexibility index (Phi) is 66.3. The van der Waals surface area contributed by atoms with Gasteiger partial charge in [-0.25, -0.2) is 0 Å². The molecule has 6 nitrogen and oxygen atoms in total. The van der Waals surface area contributed by atoms with Crippen molar-refractivity contribution in [1.29, 1.82) is 0 Å². The Bertz CT molecular complexity index is 1750. The minimum Gasteiger partial charge on any atom is -0.462 e. The van der Waals surface area contributed by atoms with Gasteiger partial charge in [0.1, 0.15) is 13.2 Å². The molecule has 83 heavy (non-hydrogen) atoms. The van der Waals surface area contributed by atoms with Crippen molar-refractivity contribution in [3.05, 3.63) is 134 Å². The molecule has 0 saturated heterocycles. The first-order valence-electron chi connectivity index (χ1n) is 34.7. The van der Waals surface area contributed by atoms with Gasteiger partial charge in [0.05, 0.1) is 0 Å². The van der Waals surface area contributed by atoms with Crippen LogP contribution in [0.15, 0.2) is 134 Å². The topological polar surface area (TPSA) is 78.9 Å². The molecule has 472 valence electrons. The smallest absolute Gasteiger partial charge is 0.306 e. The van der Waals surface area contributed by atoms with Gasteiger partial charge in [0, 0.05) is 19.3 Å². The maximum absolute atomic E-state index is 12.9. The molecule has 0 aromatic heterocycles. The molecule has 0 aliphatic rings. The van der Waals surface area contributed by atoms with Gasteiger partial charge < -0.3 is 14.2 Å². The van der Waals surface area contributed by atoms with E-state index < -0.39 is 6.10 Å². The highest BCUT2D eigenvalue weighted by molar-refractivity contribution is 5.71. The van der Waals surface area contributed by atoms with Crippen LogP contribution in [-0.4, -0.2) is 37.2 Å². The molecule has 0 aliphatic carbocycles. The van der Waals surface area contributed by atoms with Crippen LogP contribution in [-0.2, 0) is 28.6 Å². The SMILES string of the molecule is CC/C=C\C/C=C\C/C=C\C/C=C\C/C=C\C/C=C\C/C=C\C/C=C\C/C=C\CCCCCCCC(=O)OCC(COC(=O)CCCCCCCCCCCCCCC)OC(=O)CCCCCCCCCCC/C=C\C/C=C\CCCCC. The van der Waals surface area contributed by atoms with E-state index in [0.29, 0.717) is 19.3 Å². The summed E-state index contributed by atoms with van der Waals surface area (Å²) < 4.78 is 16.9. The maximum Gasteiger partial charge on any atom is 0.306 e. The van der Waals surface area contributed by atoms with Crippen molar-refractivity contribution >= 4 is 17.9 Å². The molecule has 0 spiro atoms. The molecule has 0 bridgehead atoms. The van der Waals surface area contributed by atoms with E-state index in [1.165, 1.54) is 135 Å². The first kappa shape index (κ1) is 78.5. The average molecular weight is 1150 g/mol. The van der Waals surface area contributed by atoms with Crippen LogP contribution in [0.3, 0.4) is 0 Å². The van der Waals surface area contributed by atoms with Crippen LogP contribution in [0.5, 0.6) is 0 Å². The van der Waals surface area contributed by atoms with Crippen molar-refractivity contribution in [2.24, 2.45) is 0 Å². The molecule has 0 amide bonds. The third kappa shape index (κ3) is 68.2. The third-order valence-corrected chi connectivity index (χ3v) is 14.6. The van der Waals surface area contributed by atoms with E-state index in [2.05, 4.69) is 154 Å². The molecule has 0 aromatic rings. The lowest BCUT2D eigenvalue weighted by molar-refractivity contribution is -0.167. The van der Waals surface area contributed by atoms with Gasteiger partial charge in [-0.05, 0) is 122 Å². The number of allylic oxidation sites excluding steroid dienone is 22. The quantitative estimate of drug-likeness (QED) is 0.0261. The van der Waals surface area contributed by atoms with Gasteiger partial charge in [-0.2, -0.15) is 0 Å². The molecule has 0 fully saturated rings. The normalized spacial score (nSPS) is 13.0. The fourth-order valence-corrected chi connectivity index (χ4v) is 9.47. The second kappa shape index (κ2) is 70.0. The number of hydrogen-bond donors (Lipinski definition) is 0. The van der Waals surface area contributed by atoms with Crippen molar-refractivity contribution in [2.45, 2.75) is 322 Å². The highest BCUT2D eigenvalue weighted by atomic mass is 16.6. The summed E-state index contributed by atoms with van der Waals surface area (Å²) in [7, 11) is 0. The molecule has 0 heterocycles. The molecular formula is C77H128O6. The van der Waals surface area contributed by atoms with Gasteiger partial charge in [0.2, 0.25) is 0 Å². The van der Waals surface area contributed by atoms with Crippen LogP contribution in [0.4, 0.5) is 0 Å². The lowest BCUT2D eigenvalue weighted by atomic mass is 10.0. The van der Waals surface area contributed by atoms with E-state index in [0.717, 1.165) is 141 Å². The monoisotopic (exact) mass is 1150 g/mol. The number of carbonyl (C=O) groups is 3. The summed E-state index contributed by atoms with van der Waals surface area (Å²) in [5, 5.41) is 0. The second-order valence-corrected chi connectivity index (χ2v) is 22.7. The minimum atomic E-state index is -0.792. The summed E-state index contributed by atoms with van der Waals surface area (Å²) in [5.41, 5.74) is 0. The zero-order valence-electron chi connectivity index (χ0n) is 54.2. The number of ether oxygens (including phenoxy) is 3. The summed E-state index contributed by atoms with van der Waals surface area (Å²) in [6.07, 6.45) is 98.9. The zero-order chi connectivity index (χ0) is 59.9. The summed E-state index contributed by atoms with van der Waals surface area (Å²) >= 11 is 0. The van der Waals surface area contributed by atoms with Crippen molar-refractivity contribution in [2.75, 3.05) is 13.2 Å². The predicted octanol–water partition coefficient (Wildman–Crippen LogP) is 24.1. The lowest BCUT2D eigenvalue weighted by Gasteiger charge is -2.18. The van der Waals surface area contributed by atoms with Crippen LogP contribution < -0.4 is 0 Å². The fraction of sp³-hybridized carbons (Fsp3) is 0.675. The predicted molar refractivity (Wildman–Crippen MR) is 362 cm³/mol. The molecular weight excluding hydrogens is 1020 g/mol. The van der Waals surface area contributed by atoms with Crippen LogP contribution in [0.25, 0.3) is 0 Å². The summed E-state index contributed by atoms with van der Waals surface area (Å²) in [4.78, 5) is 38.4. The number of esters is 3. The van der Waals surface area contributed by atoms with Gasteiger partial charge in [-0.15, -0.1) is 0 Å². The summed E-state index contributed by atoms with van der Waals surface area (Å²) in [6, 6.07) is 0. The zero-order valence-corrected chi connectivity index (χ0v) is 54.2. The summed E-state index contributed by atoms with van der Waals surface area (Å²) in [5.74, 6) is -0.902. The average Bonchev–Trinajstić information content (AvgIpc) is 3.49. The van der Waals surface area contributed by atoms with E-state index in [1.54, 1.807) is 0 Å². The van der Waals surface area contributed by atoms with Crippen molar-refractivity contribution in [3.8, 4) is 0 Å². The Balaban J connectivity index is 4.34. The Morgan fingerprint density at radius 1 is 0.253 bits per heavy atom. The molecule has 0 radical (unpaired) electrons. The minimum absolute atomic E-state index is 0.0858. The fourth-order valence-electron chi connectivity index (χ4n) is 9.47. The van der Waals surface area contributed by atoms with E-state index in [4.69, 9.17) is 14.2 Å². The molecule has 6 heteroatoms. The van der Waals surface area contributed by atoms with Crippen molar-refractivity contribution in [1.82, 2.24) is 0 Å². The summed E-state index contributed by atoms with van der Waals surface area (Å²) in [6.45, 7) is 6.50. The Morgan fingerprint density at radius 3 is 0.759 bits per heavy atom. The number of unbranched alkanes of at least 4 members (excludes halogenated alkanes) is 29. The van der Waals surface area contributed by atoms with Crippen LogP contribution in [0.2, 0.25) is 0 Å². The van der Waals surface area contributed by atoms with Crippen LogP contribution >= 0.6 is 0 Å². The molecule has 0 aromatic carbocycles. The van der Waals surface area contributed by atoms with Crippen molar-refractivity contribution < 1.29 is 28.6 Å². The van der Waals surface area contributed by atoms with E-state index >= 15 is 0 Å². The first-order chi connectivity index (χ1) is 41.0. The number of rotatable bonds is 62. The number of hydrogen-bond acceptors (Lipinski definition) is 6. The molecule has 0 rings (SSSR count). The van der Waals surface area contributed by atoms with Gasteiger partial charge in [-0.3, -0.25) is 14.4 Å². The van der Waals surface area contributed by atoms with Crippen LogP contribution in [0, 0.1) is 0 Å².